The molecule has 0 aliphatic carbocycles. The topological polar surface area (TPSA) is 64.3 Å². The molecule has 0 atom stereocenters. The molecule has 76 valence electrons. The fourth-order valence-corrected chi connectivity index (χ4v) is 1.15. The van der Waals surface area contributed by atoms with Crippen LogP contribution in [0.25, 0.3) is 0 Å². The van der Waals surface area contributed by atoms with Crippen LogP contribution in [0, 0.1) is 0 Å². The molecule has 0 aromatic heterocycles. The van der Waals surface area contributed by atoms with Gasteiger partial charge in [0.05, 0.1) is 19.3 Å². The Bertz CT molecular complexity index is 342. The second-order valence-electron chi connectivity index (χ2n) is 2.60. The third kappa shape index (κ3) is 2.61. The van der Waals surface area contributed by atoms with Gasteiger partial charge in [0, 0.05) is 5.02 Å². The van der Waals surface area contributed by atoms with Crippen LogP contribution in [0.1, 0.15) is 0 Å². The summed E-state index contributed by atoms with van der Waals surface area (Å²) in [5, 5.41) is 3.10. The molecule has 0 bridgehead atoms. The van der Waals surface area contributed by atoms with E-state index in [4.69, 9.17) is 22.1 Å². The average Bonchev–Trinajstić information content (AvgIpc) is 2.18. The maximum absolute atomic E-state index is 11.0. The molecule has 4 nitrogen and oxygen atoms in total. The van der Waals surface area contributed by atoms with E-state index in [-0.39, 0.29) is 12.5 Å². The normalized spacial score (nSPS) is 9.64. The van der Waals surface area contributed by atoms with E-state index in [1.165, 1.54) is 7.11 Å². The second kappa shape index (κ2) is 4.83. The summed E-state index contributed by atoms with van der Waals surface area (Å²) in [5.41, 5.74) is 5.69. The largest absolute Gasteiger partial charge is 0.495 e. The molecule has 0 radical (unpaired) electrons. The molecule has 0 unspecified atom stereocenters. The number of carbonyl (C=O) groups is 1. The molecule has 5 heteroatoms. The Kier molecular flexibility index (Phi) is 3.73. The van der Waals surface area contributed by atoms with Crippen LogP contribution in [0.4, 0.5) is 5.69 Å². The van der Waals surface area contributed by atoms with Crippen LogP contribution in [0.3, 0.4) is 0 Å². The highest BCUT2D eigenvalue weighted by Gasteiger charge is 2.06. The van der Waals surface area contributed by atoms with Crippen molar-refractivity contribution in [3.63, 3.8) is 0 Å². The number of hydrogen-bond acceptors (Lipinski definition) is 3. The van der Waals surface area contributed by atoms with E-state index in [0.29, 0.717) is 16.5 Å². The van der Waals surface area contributed by atoms with Crippen molar-refractivity contribution in [2.45, 2.75) is 0 Å². The summed E-state index contributed by atoms with van der Waals surface area (Å²) in [7, 11) is 1.52. The number of anilines is 1. The summed E-state index contributed by atoms with van der Waals surface area (Å²) in [4.78, 5) is 11.0. The summed E-state index contributed by atoms with van der Waals surface area (Å²) < 4.78 is 5.03. The maximum Gasteiger partial charge on any atom is 0.238 e. The van der Waals surface area contributed by atoms with E-state index in [1.807, 2.05) is 0 Å². The fraction of sp³-hybridized carbons (Fsp3) is 0.222. The van der Waals surface area contributed by atoms with Crippen molar-refractivity contribution in [1.82, 2.24) is 0 Å². The van der Waals surface area contributed by atoms with E-state index >= 15 is 0 Å². The molecule has 1 rings (SSSR count). The lowest BCUT2D eigenvalue weighted by Gasteiger charge is -2.09. The first-order valence-electron chi connectivity index (χ1n) is 4.01. The molecule has 0 spiro atoms. The van der Waals surface area contributed by atoms with Gasteiger partial charge in [0.1, 0.15) is 5.75 Å². The second-order valence-corrected chi connectivity index (χ2v) is 3.03. The van der Waals surface area contributed by atoms with Crippen molar-refractivity contribution >= 4 is 23.2 Å². The molecule has 1 aromatic rings. The Morgan fingerprint density at radius 3 is 2.93 bits per heavy atom. The molecule has 0 saturated carbocycles. The van der Waals surface area contributed by atoms with Gasteiger partial charge in [-0.25, -0.2) is 0 Å². The zero-order chi connectivity index (χ0) is 10.6. The summed E-state index contributed by atoms with van der Waals surface area (Å²) in [5.74, 6) is 0.266. The van der Waals surface area contributed by atoms with Gasteiger partial charge in [-0.3, -0.25) is 4.79 Å². The Morgan fingerprint density at radius 1 is 1.64 bits per heavy atom. The minimum absolute atomic E-state index is 0.0737. The molecule has 0 heterocycles. The van der Waals surface area contributed by atoms with Crippen molar-refractivity contribution in [3.8, 4) is 5.75 Å². The lowest BCUT2D eigenvalue weighted by molar-refractivity contribution is -0.114. The predicted octanol–water partition coefficient (Wildman–Crippen LogP) is 1.25. The monoisotopic (exact) mass is 214 g/mol. The van der Waals surface area contributed by atoms with Crippen LogP contribution >= 0.6 is 11.6 Å². The zero-order valence-corrected chi connectivity index (χ0v) is 8.47. The number of nitrogens with one attached hydrogen (secondary N) is 1. The molecular weight excluding hydrogens is 204 g/mol. The number of nitrogens with two attached hydrogens (primary N) is 1. The average molecular weight is 215 g/mol. The summed E-state index contributed by atoms with van der Waals surface area (Å²) in [6.07, 6.45) is 0. The van der Waals surface area contributed by atoms with Crippen LogP contribution < -0.4 is 15.8 Å². The highest BCUT2D eigenvalue weighted by atomic mass is 35.5. The van der Waals surface area contributed by atoms with Gasteiger partial charge in [0.2, 0.25) is 5.91 Å². The Morgan fingerprint density at radius 2 is 2.36 bits per heavy atom. The molecule has 0 aliphatic rings. The number of amides is 1. The summed E-state index contributed by atoms with van der Waals surface area (Å²) in [6.45, 7) is -0.0737. The SMILES string of the molecule is COc1ccc(Cl)cc1NC(=O)CN. The Labute approximate surface area is 87.0 Å². The van der Waals surface area contributed by atoms with Gasteiger partial charge in [-0.05, 0) is 18.2 Å². The van der Waals surface area contributed by atoms with Gasteiger partial charge >= 0.3 is 0 Å². The molecular formula is C9H11ClN2O2. The van der Waals surface area contributed by atoms with Gasteiger partial charge in [-0.15, -0.1) is 0 Å². The van der Waals surface area contributed by atoms with Gasteiger partial charge in [-0.2, -0.15) is 0 Å². The number of hydrogen-bond donors (Lipinski definition) is 2. The lowest BCUT2D eigenvalue weighted by Crippen LogP contribution is -2.22. The number of methoxy groups -OCH3 is 1. The predicted molar refractivity (Wildman–Crippen MR) is 55.7 cm³/mol. The van der Waals surface area contributed by atoms with Crippen LogP contribution in [0.2, 0.25) is 5.02 Å². The highest BCUT2D eigenvalue weighted by Crippen LogP contribution is 2.27. The third-order valence-corrected chi connectivity index (χ3v) is 1.86. The highest BCUT2D eigenvalue weighted by molar-refractivity contribution is 6.31. The molecule has 1 amide bonds. The fourth-order valence-electron chi connectivity index (χ4n) is 0.979. The van der Waals surface area contributed by atoms with Gasteiger partial charge in [0.15, 0.2) is 0 Å². The quantitative estimate of drug-likeness (QED) is 0.796. The zero-order valence-electron chi connectivity index (χ0n) is 7.71. The van der Waals surface area contributed by atoms with Crippen LogP contribution in [-0.4, -0.2) is 19.6 Å². The standard InChI is InChI=1S/C9H11ClN2O2/c1-14-8-3-2-6(10)4-7(8)12-9(13)5-11/h2-4H,5,11H2,1H3,(H,12,13). The van der Waals surface area contributed by atoms with Crippen LogP contribution in [-0.2, 0) is 4.79 Å². The van der Waals surface area contributed by atoms with Crippen LogP contribution in [0.15, 0.2) is 18.2 Å². The van der Waals surface area contributed by atoms with Crippen molar-refractivity contribution in [3.05, 3.63) is 23.2 Å². The summed E-state index contributed by atoms with van der Waals surface area (Å²) >= 11 is 5.76. The Balaban J connectivity index is 2.93. The lowest BCUT2D eigenvalue weighted by atomic mass is 10.3. The molecule has 3 N–H and O–H groups in total. The summed E-state index contributed by atoms with van der Waals surface area (Å²) in [6, 6.07) is 4.96. The first-order chi connectivity index (χ1) is 6.67. The van der Waals surface area contributed by atoms with Crippen molar-refractivity contribution in [2.75, 3.05) is 19.0 Å². The molecule has 0 fully saturated rings. The minimum Gasteiger partial charge on any atom is -0.495 e. The molecule has 14 heavy (non-hydrogen) atoms. The Hall–Kier alpha value is -1.26. The number of halogens is 1. The van der Waals surface area contributed by atoms with Gasteiger partial charge < -0.3 is 15.8 Å². The van der Waals surface area contributed by atoms with Gasteiger partial charge in [0.25, 0.3) is 0 Å². The van der Waals surface area contributed by atoms with E-state index in [1.54, 1.807) is 18.2 Å². The number of ether oxygens (including phenoxy) is 1. The van der Waals surface area contributed by atoms with Crippen molar-refractivity contribution in [2.24, 2.45) is 5.73 Å². The van der Waals surface area contributed by atoms with E-state index in [2.05, 4.69) is 5.32 Å². The smallest absolute Gasteiger partial charge is 0.238 e. The first kappa shape index (κ1) is 10.8. The first-order valence-corrected chi connectivity index (χ1v) is 4.38. The maximum atomic E-state index is 11.0. The minimum atomic E-state index is -0.287. The molecule has 0 saturated heterocycles. The van der Waals surface area contributed by atoms with Gasteiger partial charge in [-0.1, -0.05) is 11.6 Å². The van der Waals surface area contributed by atoms with Crippen molar-refractivity contribution in [1.29, 1.82) is 0 Å². The third-order valence-electron chi connectivity index (χ3n) is 1.62. The van der Waals surface area contributed by atoms with Crippen molar-refractivity contribution < 1.29 is 9.53 Å². The number of carbonyl (C=O) groups excluding carboxylic acids is 1. The molecule has 1 aromatic carbocycles. The number of benzene rings is 1. The van der Waals surface area contributed by atoms with E-state index in [9.17, 15) is 4.79 Å². The number of rotatable bonds is 3. The molecule has 0 aliphatic heterocycles. The van der Waals surface area contributed by atoms with E-state index in [0.717, 1.165) is 0 Å². The van der Waals surface area contributed by atoms with E-state index < -0.39 is 0 Å². The van der Waals surface area contributed by atoms with Crippen LogP contribution in [0.5, 0.6) is 5.75 Å².